The minimum atomic E-state index is -0.886. The zero-order chi connectivity index (χ0) is 12.6. The first-order chi connectivity index (χ1) is 7.49. The van der Waals surface area contributed by atoms with Crippen molar-refractivity contribution in [1.29, 1.82) is 0 Å². The molecule has 0 saturated heterocycles. The van der Waals surface area contributed by atoms with E-state index in [0.717, 1.165) is 0 Å². The number of hydrogen-bond acceptors (Lipinski definition) is 6. The van der Waals surface area contributed by atoms with E-state index in [1.54, 1.807) is 0 Å². The van der Waals surface area contributed by atoms with Crippen molar-refractivity contribution in [2.24, 2.45) is 0 Å². The van der Waals surface area contributed by atoms with Gasteiger partial charge in [0.2, 0.25) is 6.29 Å². The molecule has 0 unspecified atom stereocenters. The number of esters is 2. The van der Waals surface area contributed by atoms with Crippen LogP contribution in [0.5, 0.6) is 0 Å². The Morgan fingerprint density at radius 3 is 1.56 bits per heavy atom. The number of carbonyl (C=O) groups excluding carboxylic acids is 2. The second-order valence-electron chi connectivity index (χ2n) is 3.13. The molecule has 0 radical (unpaired) electrons. The third-order valence-electron chi connectivity index (χ3n) is 1.76. The van der Waals surface area contributed by atoms with Crippen LogP contribution in [0.1, 0.15) is 26.7 Å². The van der Waals surface area contributed by atoms with Gasteiger partial charge < -0.3 is 18.9 Å². The van der Waals surface area contributed by atoms with E-state index < -0.39 is 24.5 Å². The van der Waals surface area contributed by atoms with Crippen LogP contribution >= 0.6 is 0 Å². The van der Waals surface area contributed by atoms with Gasteiger partial charge in [-0.25, -0.2) is 0 Å². The molecule has 0 aliphatic rings. The Balaban J connectivity index is 4.09. The molecule has 0 fully saturated rings. The lowest BCUT2D eigenvalue weighted by Crippen LogP contribution is -2.25. The average Bonchev–Trinajstić information content (AvgIpc) is 2.17. The third kappa shape index (κ3) is 7.19. The van der Waals surface area contributed by atoms with E-state index in [4.69, 9.17) is 18.9 Å². The molecule has 0 N–H and O–H groups in total. The number of hydrogen-bond donors (Lipinski definition) is 0. The van der Waals surface area contributed by atoms with Crippen molar-refractivity contribution in [3.8, 4) is 0 Å². The lowest BCUT2D eigenvalue weighted by Gasteiger charge is -2.19. The molecule has 0 amide bonds. The predicted molar refractivity (Wildman–Crippen MR) is 54.4 cm³/mol. The summed E-state index contributed by atoms with van der Waals surface area (Å²) in [6.45, 7) is 2.50. The molecule has 0 aliphatic heterocycles. The largest absolute Gasteiger partial charge is 0.425 e. The monoisotopic (exact) mass is 234 g/mol. The lowest BCUT2D eigenvalue weighted by atomic mass is 10.3. The maximum atomic E-state index is 10.7. The zero-order valence-electron chi connectivity index (χ0n) is 10.0. The van der Waals surface area contributed by atoms with Crippen molar-refractivity contribution in [1.82, 2.24) is 0 Å². The van der Waals surface area contributed by atoms with Gasteiger partial charge in [0.1, 0.15) is 0 Å². The van der Waals surface area contributed by atoms with Crippen molar-refractivity contribution in [2.45, 2.75) is 39.3 Å². The van der Waals surface area contributed by atoms with Gasteiger partial charge in [0, 0.05) is 40.9 Å². The lowest BCUT2D eigenvalue weighted by molar-refractivity contribution is -0.190. The van der Waals surface area contributed by atoms with Crippen LogP contribution in [-0.2, 0) is 28.5 Å². The maximum Gasteiger partial charge on any atom is 0.305 e. The molecule has 94 valence electrons. The Kier molecular flexibility index (Phi) is 7.49. The van der Waals surface area contributed by atoms with Crippen molar-refractivity contribution >= 4 is 11.9 Å². The van der Waals surface area contributed by atoms with E-state index in [-0.39, 0.29) is 0 Å². The van der Waals surface area contributed by atoms with Crippen molar-refractivity contribution in [3.05, 3.63) is 0 Å². The molecule has 0 aromatic heterocycles. The second kappa shape index (κ2) is 8.06. The Morgan fingerprint density at radius 1 is 0.875 bits per heavy atom. The molecule has 0 aromatic carbocycles. The summed E-state index contributed by atoms with van der Waals surface area (Å²) in [7, 11) is 3.00. The first kappa shape index (κ1) is 14.9. The van der Waals surface area contributed by atoms with Gasteiger partial charge in [-0.1, -0.05) is 0 Å². The minimum absolute atomic E-state index is 0.325. The van der Waals surface area contributed by atoms with Crippen LogP contribution in [0.15, 0.2) is 0 Å². The smallest absolute Gasteiger partial charge is 0.305 e. The Bertz CT molecular complexity index is 207. The second-order valence-corrected chi connectivity index (χ2v) is 3.13. The van der Waals surface area contributed by atoms with E-state index in [1.807, 2.05) is 0 Å². The Morgan fingerprint density at radius 2 is 1.25 bits per heavy atom. The highest BCUT2D eigenvalue weighted by Gasteiger charge is 2.17. The zero-order valence-corrected chi connectivity index (χ0v) is 10.0. The summed E-state index contributed by atoms with van der Waals surface area (Å²) >= 11 is 0. The Labute approximate surface area is 94.8 Å². The number of rotatable bonds is 7. The molecule has 6 heteroatoms. The molecule has 0 rings (SSSR count). The molecular weight excluding hydrogens is 216 g/mol. The van der Waals surface area contributed by atoms with Gasteiger partial charge in [0.15, 0.2) is 6.29 Å². The Hall–Kier alpha value is -1.14. The summed E-state index contributed by atoms with van der Waals surface area (Å²) in [6.07, 6.45) is -0.514. The third-order valence-corrected chi connectivity index (χ3v) is 1.76. The van der Waals surface area contributed by atoms with E-state index in [1.165, 1.54) is 28.1 Å². The fourth-order valence-corrected chi connectivity index (χ4v) is 1.12. The number of carbonyl (C=O) groups is 2. The SMILES string of the molecule is COC(CCC(OC(C)=O)OC(C)=O)OC. The minimum Gasteiger partial charge on any atom is -0.425 e. The summed E-state index contributed by atoms with van der Waals surface area (Å²) < 4.78 is 19.5. The van der Waals surface area contributed by atoms with E-state index in [0.29, 0.717) is 12.8 Å². The van der Waals surface area contributed by atoms with Crippen LogP contribution in [0.3, 0.4) is 0 Å². The van der Waals surface area contributed by atoms with Crippen LogP contribution in [0.4, 0.5) is 0 Å². The highest BCUT2D eigenvalue weighted by molar-refractivity contribution is 5.68. The van der Waals surface area contributed by atoms with E-state index in [9.17, 15) is 9.59 Å². The molecule has 0 aliphatic carbocycles. The average molecular weight is 234 g/mol. The number of methoxy groups -OCH3 is 2. The molecule has 6 nitrogen and oxygen atoms in total. The van der Waals surface area contributed by atoms with Gasteiger partial charge in [-0.2, -0.15) is 0 Å². The summed E-state index contributed by atoms with van der Waals surface area (Å²) in [5.74, 6) is -1.00. The predicted octanol–water partition coefficient (Wildman–Crippen LogP) is 0.838. The summed E-state index contributed by atoms with van der Waals surface area (Å²) in [6, 6.07) is 0. The van der Waals surface area contributed by atoms with Gasteiger partial charge >= 0.3 is 11.9 Å². The summed E-state index contributed by atoms with van der Waals surface area (Å²) in [5.41, 5.74) is 0. The van der Waals surface area contributed by atoms with Crippen LogP contribution < -0.4 is 0 Å². The standard InChI is InChI=1S/C10H18O6/c1-7(11)15-10(16-8(2)12)6-5-9(13-3)14-4/h9-10H,5-6H2,1-4H3. The van der Waals surface area contributed by atoms with Gasteiger partial charge in [-0.15, -0.1) is 0 Å². The molecule has 0 spiro atoms. The quantitative estimate of drug-likeness (QED) is 0.480. The van der Waals surface area contributed by atoms with Crippen LogP contribution in [0.25, 0.3) is 0 Å². The molecule has 0 heterocycles. The van der Waals surface area contributed by atoms with E-state index >= 15 is 0 Å². The molecule has 16 heavy (non-hydrogen) atoms. The first-order valence-corrected chi connectivity index (χ1v) is 4.89. The van der Waals surface area contributed by atoms with Crippen molar-refractivity contribution in [3.63, 3.8) is 0 Å². The van der Waals surface area contributed by atoms with Gasteiger partial charge in [-0.3, -0.25) is 9.59 Å². The highest BCUT2D eigenvalue weighted by atomic mass is 16.7. The number of ether oxygens (including phenoxy) is 4. The van der Waals surface area contributed by atoms with E-state index in [2.05, 4.69) is 0 Å². The molecule has 0 bridgehead atoms. The van der Waals surface area contributed by atoms with Crippen molar-refractivity contribution < 1.29 is 28.5 Å². The summed E-state index contributed by atoms with van der Waals surface area (Å²) in [4.78, 5) is 21.5. The topological polar surface area (TPSA) is 71.1 Å². The van der Waals surface area contributed by atoms with Crippen LogP contribution in [0, 0.1) is 0 Å². The van der Waals surface area contributed by atoms with Gasteiger partial charge in [0.05, 0.1) is 0 Å². The molecule has 0 saturated carbocycles. The van der Waals surface area contributed by atoms with Gasteiger partial charge in [0.25, 0.3) is 0 Å². The fraction of sp³-hybridized carbons (Fsp3) is 0.800. The maximum absolute atomic E-state index is 10.7. The molecule has 0 atom stereocenters. The summed E-state index contributed by atoms with van der Waals surface area (Å²) in [5, 5.41) is 0. The fourth-order valence-electron chi connectivity index (χ4n) is 1.12. The van der Waals surface area contributed by atoms with Gasteiger partial charge in [-0.05, 0) is 0 Å². The first-order valence-electron chi connectivity index (χ1n) is 4.89. The van der Waals surface area contributed by atoms with Crippen LogP contribution in [0.2, 0.25) is 0 Å². The highest BCUT2D eigenvalue weighted by Crippen LogP contribution is 2.10. The normalized spacial score (nSPS) is 10.6. The molecular formula is C10H18O6. The molecule has 0 aromatic rings. The van der Waals surface area contributed by atoms with Crippen molar-refractivity contribution in [2.75, 3.05) is 14.2 Å². The van der Waals surface area contributed by atoms with Crippen LogP contribution in [-0.4, -0.2) is 38.7 Å².